The van der Waals surface area contributed by atoms with Crippen molar-refractivity contribution in [2.75, 3.05) is 13.1 Å². The van der Waals surface area contributed by atoms with Gasteiger partial charge in [0.15, 0.2) is 0 Å². The number of aryl methyl sites for hydroxylation is 1. The van der Waals surface area contributed by atoms with E-state index in [9.17, 15) is 4.79 Å². The zero-order valence-electron chi connectivity index (χ0n) is 16.1. The Kier molecular flexibility index (Phi) is 5.53. The van der Waals surface area contributed by atoms with E-state index in [0.29, 0.717) is 5.89 Å². The van der Waals surface area contributed by atoms with Gasteiger partial charge < -0.3 is 9.73 Å². The number of likely N-dealkylation sites (tertiary alicyclic amines) is 1. The van der Waals surface area contributed by atoms with Crippen LogP contribution < -0.4 is 5.32 Å². The quantitative estimate of drug-likeness (QED) is 0.731. The highest BCUT2D eigenvalue weighted by Crippen LogP contribution is 2.20. The van der Waals surface area contributed by atoms with Crippen LogP contribution in [0.3, 0.4) is 0 Å². The van der Waals surface area contributed by atoms with Gasteiger partial charge in [0.2, 0.25) is 5.89 Å². The number of piperidine rings is 1. The van der Waals surface area contributed by atoms with Gasteiger partial charge in [-0.3, -0.25) is 9.69 Å². The second-order valence-corrected chi connectivity index (χ2v) is 7.35. The summed E-state index contributed by atoms with van der Waals surface area (Å²) < 4.78 is 5.63. The first kappa shape index (κ1) is 18.4. The molecule has 0 bridgehead atoms. The Morgan fingerprint density at radius 1 is 1.11 bits per heavy atom. The molecule has 2 heterocycles. The monoisotopic (exact) mass is 375 g/mol. The van der Waals surface area contributed by atoms with E-state index in [1.54, 1.807) is 6.26 Å². The van der Waals surface area contributed by atoms with E-state index in [1.807, 2.05) is 61.5 Å². The number of amides is 1. The number of nitrogens with zero attached hydrogens (tertiary/aromatic N) is 2. The molecule has 0 radical (unpaired) electrons. The minimum atomic E-state index is 0.0283. The fourth-order valence-electron chi connectivity index (χ4n) is 3.65. The van der Waals surface area contributed by atoms with Gasteiger partial charge in [-0.05, 0) is 43.5 Å². The van der Waals surface area contributed by atoms with E-state index in [-0.39, 0.29) is 11.9 Å². The van der Waals surface area contributed by atoms with Crippen LogP contribution in [-0.4, -0.2) is 34.9 Å². The minimum absolute atomic E-state index is 0.0283. The van der Waals surface area contributed by atoms with Gasteiger partial charge in [-0.15, -0.1) is 0 Å². The van der Waals surface area contributed by atoms with Crippen LogP contribution in [0.25, 0.3) is 11.5 Å². The van der Waals surface area contributed by atoms with Crippen LogP contribution in [0.5, 0.6) is 0 Å². The van der Waals surface area contributed by atoms with Gasteiger partial charge in [0.05, 0.1) is 5.69 Å². The van der Waals surface area contributed by atoms with Crippen LogP contribution in [-0.2, 0) is 6.54 Å². The molecule has 28 heavy (non-hydrogen) atoms. The molecule has 3 aromatic rings. The molecule has 0 atom stereocenters. The zero-order valence-corrected chi connectivity index (χ0v) is 16.1. The molecular formula is C23H25N3O2. The third kappa shape index (κ3) is 4.31. The molecule has 5 nitrogen and oxygen atoms in total. The average molecular weight is 375 g/mol. The molecule has 1 aliphatic rings. The van der Waals surface area contributed by atoms with Gasteiger partial charge in [0.1, 0.15) is 6.26 Å². The highest BCUT2D eigenvalue weighted by molar-refractivity contribution is 5.95. The normalized spacial score (nSPS) is 15.5. The summed E-state index contributed by atoms with van der Waals surface area (Å²) in [7, 11) is 0. The summed E-state index contributed by atoms with van der Waals surface area (Å²) in [4.78, 5) is 19.5. The molecule has 1 N–H and O–H groups in total. The average Bonchev–Trinajstić information content (AvgIpc) is 3.19. The number of carbonyl (C=O) groups excluding carboxylic acids is 1. The van der Waals surface area contributed by atoms with E-state index < -0.39 is 0 Å². The van der Waals surface area contributed by atoms with Crippen molar-refractivity contribution in [1.82, 2.24) is 15.2 Å². The standard InChI is InChI=1S/C23H25N3O2/c1-17-7-5-6-10-21(17)22(27)24-19-11-13-26(14-12-19)15-20-16-28-23(25-20)18-8-3-2-4-9-18/h2-10,16,19H,11-15H2,1H3,(H,24,27). The molecule has 0 aliphatic carbocycles. The van der Waals surface area contributed by atoms with Crippen molar-refractivity contribution in [3.05, 3.63) is 77.7 Å². The summed E-state index contributed by atoms with van der Waals surface area (Å²) in [5.74, 6) is 0.691. The molecule has 2 aromatic carbocycles. The Labute approximate surface area is 165 Å². The number of nitrogens with one attached hydrogen (secondary N) is 1. The molecule has 4 rings (SSSR count). The Bertz CT molecular complexity index is 928. The second kappa shape index (κ2) is 8.40. The molecule has 1 aromatic heterocycles. The molecule has 0 saturated carbocycles. The first-order valence-electron chi connectivity index (χ1n) is 9.78. The molecule has 1 amide bonds. The van der Waals surface area contributed by atoms with Crippen LogP contribution >= 0.6 is 0 Å². The first-order valence-corrected chi connectivity index (χ1v) is 9.78. The molecule has 5 heteroatoms. The van der Waals surface area contributed by atoms with Gasteiger partial charge in [-0.25, -0.2) is 4.98 Å². The number of aromatic nitrogens is 1. The topological polar surface area (TPSA) is 58.4 Å². The molecule has 1 fully saturated rings. The van der Waals surface area contributed by atoms with Crippen molar-refractivity contribution in [3.8, 4) is 11.5 Å². The number of rotatable bonds is 5. The van der Waals surface area contributed by atoms with Gasteiger partial charge in [0, 0.05) is 36.8 Å². The summed E-state index contributed by atoms with van der Waals surface area (Å²) in [6.07, 6.45) is 3.64. The Morgan fingerprint density at radius 2 is 1.82 bits per heavy atom. The van der Waals surface area contributed by atoms with Crippen molar-refractivity contribution >= 4 is 5.91 Å². The van der Waals surface area contributed by atoms with Crippen molar-refractivity contribution < 1.29 is 9.21 Å². The number of hydrogen-bond donors (Lipinski definition) is 1. The molecule has 1 saturated heterocycles. The van der Waals surface area contributed by atoms with Crippen LogP contribution in [0.1, 0.15) is 34.5 Å². The summed E-state index contributed by atoms with van der Waals surface area (Å²) in [6.45, 7) is 4.62. The Balaban J connectivity index is 1.28. The van der Waals surface area contributed by atoms with Crippen LogP contribution in [0.2, 0.25) is 0 Å². The lowest BCUT2D eigenvalue weighted by molar-refractivity contribution is 0.0908. The lowest BCUT2D eigenvalue weighted by Crippen LogP contribution is -2.44. The van der Waals surface area contributed by atoms with E-state index in [2.05, 4.69) is 15.2 Å². The van der Waals surface area contributed by atoms with Crippen LogP contribution in [0.4, 0.5) is 0 Å². The predicted molar refractivity (Wildman–Crippen MR) is 109 cm³/mol. The fourth-order valence-corrected chi connectivity index (χ4v) is 3.65. The maximum Gasteiger partial charge on any atom is 0.251 e. The van der Waals surface area contributed by atoms with E-state index in [4.69, 9.17) is 4.42 Å². The van der Waals surface area contributed by atoms with Crippen LogP contribution in [0.15, 0.2) is 65.3 Å². The zero-order chi connectivity index (χ0) is 19.3. The van der Waals surface area contributed by atoms with E-state index in [1.165, 1.54) is 0 Å². The summed E-state index contributed by atoms with van der Waals surface area (Å²) in [6, 6.07) is 17.9. The highest BCUT2D eigenvalue weighted by atomic mass is 16.3. The van der Waals surface area contributed by atoms with E-state index >= 15 is 0 Å². The van der Waals surface area contributed by atoms with Gasteiger partial charge in [-0.2, -0.15) is 0 Å². The predicted octanol–water partition coefficient (Wildman–Crippen LogP) is 4.04. The Hall–Kier alpha value is -2.92. The highest BCUT2D eigenvalue weighted by Gasteiger charge is 2.22. The second-order valence-electron chi connectivity index (χ2n) is 7.35. The fraction of sp³-hybridized carbons (Fsp3) is 0.304. The SMILES string of the molecule is Cc1ccccc1C(=O)NC1CCN(Cc2coc(-c3ccccc3)n2)CC1. The molecule has 144 valence electrons. The first-order chi connectivity index (χ1) is 13.7. The van der Waals surface area contributed by atoms with Crippen molar-refractivity contribution in [3.63, 3.8) is 0 Å². The minimum Gasteiger partial charge on any atom is -0.444 e. The third-order valence-electron chi connectivity index (χ3n) is 5.27. The molecular weight excluding hydrogens is 350 g/mol. The number of benzene rings is 2. The van der Waals surface area contributed by atoms with Crippen molar-refractivity contribution in [2.24, 2.45) is 0 Å². The lowest BCUT2D eigenvalue weighted by atomic mass is 10.0. The molecule has 0 spiro atoms. The maximum atomic E-state index is 12.5. The smallest absolute Gasteiger partial charge is 0.251 e. The van der Waals surface area contributed by atoms with Crippen molar-refractivity contribution in [2.45, 2.75) is 32.4 Å². The van der Waals surface area contributed by atoms with Crippen molar-refractivity contribution in [1.29, 1.82) is 0 Å². The lowest BCUT2D eigenvalue weighted by Gasteiger charge is -2.31. The van der Waals surface area contributed by atoms with Gasteiger partial charge in [-0.1, -0.05) is 36.4 Å². The third-order valence-corrected chi connectivity index (χ3v) is 5.27. The molecule has 1 aliphatic heterocycles. The number of oxazole rings is 1. The largest absolute Gasteiger partial charge is 0.444 e. The van der Waals surface area contributed by atoms with Gasteiger partial charge >= 0.3 is 0 Å². The number of hydrogen-bond acceptors (Lipinski definition) is 4. The number of carbonyl (C=O) groups is 1. The van der Waals surface area contributed by atoms with Crippen LogP contribution in [0, 0.1) is 6.92 Å². The van der Waals surface area contributed by atoms with Gasteiger partial charge in [0.25, 0.3) is 5.91 Å². The Morgan fingerprint density at radius 3 is 2.57 bits per heavy atom. The summed E-state index contributed by atoms with van der Waals surface area (Å²) in [5, 5.41) is 3.19. The van der Waals surface area contributed by atoms with E-state index in [0.717, 1.165) is 54.9 Å². The maximum absolute atomic E-state index is 12.5. The summed E-state index contributed by atoms with van der Waals surface area (Å²) in [5.41, 5.74) is 3.71. The summed E-state index contributed by atoms with van der Waals surface area (Å²) >= 11 is 0. The molecule has 0 unspecified atom stereocenters.